The van der Waals surface area contributed by atoms with Crippen LogP contribution in [0.5, 0.6) is 0 Å². The molecule has 0 spiro atoms. The summed E-state index contributed by atoms with van der Waals surface area (Å²) in [4.78, 5) is 13.0. The molecule has 1 aromatic heterocycles. The topological polar surface area (TPSA) is 46.9 Å². The third-order valence-corrected chi connectivity index (χ3v) is 8.88. The summed E-state index contributed by atoms with van der Waals surface area (Å²) in [5, 5.41) is 8.07. The summed E-state index contributed by atoms with van der Waals surface area (Å²) in [6.45, 7) is 8.98. The lowest BCUT2D eigenvalue weighted by Gasteiger charge is -2.59. The van der Waals surface area contributed by atoms with Crippen molar-refractivity contribution in [1.82, 2.24) is 15.1 Å². The normalized spacial score (nSPS) is 33.9. The molecule has 27 heavy (non-hydrogen) atoms. The second-order valence-electron chi connectivity index (χ2n) is 9.82. The van der Waals surface area contributed by atoms with Gasteiger partial charge in [-0.3, -0.25) is 9.48 Å². The van der Waals surface area contributed by atoms with Gasteiger partial charge in [0.25, 0.3) is 0 Å². The molecule has 2 atom stereocenters. The number of aryl methyl sites for hydroxylation is 1. The maximum Gasteiger partial charge on any atom is 0.224 e. The van der Waals surface area contributed by atoms with Crippen LogP contribution >= 0.6 is 15.9 Å². The number of aromatic nitrogens is 2. The molecule has 1 heterocycles. The summed E-state index contributed by atoms with van der Waals surface area (Å²) in [5.74, 6) is 2.89. The van der Waals surface area contributed by atoms with E-state index in [2.05, 4.69) is 40.2 Å². The van der Waals surface area contributed by atoms with Crippen LogP contribution in [0.25, 0.3) is 0 Å². The highest BCUT2D eigenvalue weighted by molar-refractivity contribution is 9.10. The van der Waals surface area contributed by atoms with Gasteiger partial charge in [-0.25, -0.2) is 0 Å². The number of halogens is 1. The third-order valence-electron chi connectivity index (χ3n) is 7.74. The van der Waals surface area contributed by atoms with Gasteiger partial charge >= 0.3 is 0 Å². The molecular formula is C22H34BrN3O. The second-order valence-corrected chi connectivity index (χ2v) is 10.6. The highest BCUT2D eigenvalue weighted by Gasteiger charge is 2.54. The quantitative estimate of drug-likeness (QED) is 0.682. The predicted octanol–water partition coefficient (Wildman–Crippen LogP) is 5.01. The number of nitrogens with zero attached hydrogens (tertiary/aromatic N) is 2. The molecule has 0 aromatic carbocycles. The molecule has 5 rings (SSSR count). The van der Waals surface area contributed by atoms with Crippen molar-refractivity contribution in [1.29, 1.82) is 0 Å². The fourth-order valence-corrected chi connectivity index (χ4v) is 7.09. The third kappa shape index (κ3) is 3.49. The summed E-state index contributed by atoms with van der Waals surface area (Å²) < 4.78 is 3.02. The van der Waals surface area contributed by atoms with Gasteiger partial charge in [0.05, 0.1) is 22.6 Å². The van der Waals surface area contributed by atoms with E-state index in [-0.39, 0.29) is 11.8 Å². The zero-order valence-corrected chi connectivity index (χ0v) is 18.8. The summed E-state index contributed by atoms with van der Waals surface area (Å²) in [6.07, 6.45) is 9.44. The Labute approximate surface area is 172 Å². The van der Waals surface area contributed by atoms with Gasteiger partial charge in [0.1, 0.15) is 0 Å². The Morgan fingerprint density at radius 3 is 2.22 bits per heavy atom. The van der Waals surface area contributed by atoms with Crippen molar-refractivity contribution in [2.45, 2.75) is 85.2 Å². The first kappa shape index (κ1) is 19.5. The Morgan fingerprint density at radius 1 is 1.22 bits per heavy atom. The number of amides is 1. The van der Waals surface area contributed by atoms with Gasteiger partial charge < -0.3 is 5.32 Å². The molecule has 1 aromatic rings. The molecule has 1 amide bonds. The lowest BCUT2D eigenvalue weighted by Crippen LogP contribution is -2.57. The van der Waals surface area contributed by atoms with Gasteiger partial charge in [0.15, 0.2) is 0 Å². The number of carbonyl (C=O) groups excluding carboxylic acids is 1. The van der Waals surface area contributed by atoms with Gasteiger partial charge in [-0.2, -0.15) is 5.10 Å². The number of rotatable bonds is 6. The maximum absolute atomic E-state index is 13.0. The molecule has 0 radical (unpaired) electrons. The first-order valence-electron chi connectivity index (χ1n) is 10.8. The van der Waals surface area contributed by atoms with Gasteiger partial charge in [0.2, 0.25) is 5.91 Å². The molecule has 4 bridgehead atoms. The molecule has 4 saturated carbocycles. The van der Waals surface area contributed by atoms with Gasteiger partial charge in [0, 0.05) is 11.7 Å². The van der Waals surface area contributed by atoms with Crippen LogP contribution in [0, 0.1) is 42.9 Å². The lowest BCUT2D eigenvalue weighted by atomic mass is 9.47. The molecule has 1 N–H and O–H groups in total. The average Bonchev–Trinajstić information content (AvgIpc) is 2.85. The minimum atomic E-state index is -0.0714. The van der Waals surface area contributed by atoms with Crippen molar-refractivity contribution >= 4 is 21.8 Å². The minimum Gasteiger partial charge on any atom is -0.353 e. The van der Waals surface area contributed by atoms with E-state index in [0.29, 0.717) is 18.0 Å². The number of hydrogen-bond donors (Lipinski definition) is 1. The number of nitrogens with one attached hydrogen (secondary N) is 1. The Kier molecular flexibility index (Phi) is 5.19. The zero-order valence-electron chi connectivity index (χ0n) is 17.2. The van der Waals surface area contributed by atoms with Crippen LogP contribution < -0.4 is 5.32 Å². The fraction of sp³-hybridized carbons (Fsp3) is 0.818. The van der Waals surface area contributed by atoms with E-state index < -0.39 is 0 Å². The molecule has 0 saturated heterocycles. The van der Waals surface area contributed by atoms with Crippen molar-refractivity contribution in [2.75, 3.05) is 0 Å². The molecule has 150 valence electrons. The molecule has 2 unspecified atom stereocenters. The highest BCUT2D eigenvalue weighted by Crippen LogP contribution is 2.61. The van der Waals surface area contributed by atoms with Crippen LogP contribution in [0.2, 0.25) is 0 Å². The van der Waals surface area contributed by atoms with E-state index >= 15 is 0 Å². The van der Waals surface area contributed by atoms with Crippen molar-refractivity contribution < 1.29 is 4.79 Å². The maximum atomic E-state index is 13.0. The molecule has 4 aliphatic carbocycles. The number of hydrogen-bond acceptors (Lipinski definition) is 2. The summed E-state index contributed by atoms with van der Waals surface area (Å²) in [6, 6.07) is 0.341. The van der Waals surface area contributed by atoms with E-state index in [9.17, 15) is 4.79 Å². The van der Waals surface area contributed by atoms with Gasteiger partial charge in [-0.1, -0.05) is 13.8 Å². The molecular weight excluding hydrogens is 402 g/mol. The Balaban J connectivity index is 1.43. The average molecular weight is 436 g/mol. The Hall–Kier alpha value is -0.840. The first-order valence-corrected chi connectivity index (χ1v) is 11.6. The van der Waals surface area contributed by atoms with Crippen LogP contribution in [-0.2, 0) is 11.3 Å². The first-order chi connectivity index (χ1) is 12.8. The molecule has 0 aliphatic heterocycles. The van der Waals surface area contributed by atoms with Crippen molar-refractivity contribution in [3.05, 3.63) is 15.9 Å². The van der Waals surface area contributed by atoms with Crippen LogP contribution in [0.15, 0.2) is 4.47 Å². The van der Waals surface area contributed by atoms with Crippen LogP contribution in [-0.4, -0.2) is 21.7 Å². The zero-order chi connectivity index (χ0) is 19.3. The van der Waals surface area contributed by atoms with Crippen LogP contribution in [0.3, 0.4) is 0 Å². The van der Waals surface area contributed by atoms with Crippen molar-refractivity contribution in [3.8, 4) is 0 Å². The Morgan fingerprint density at radius 2 is 1.78 bits per heavy atom. The fourth-order valence-electron chi connectivity index (χ4n) is 6.80. The summed E-state index contributed by atoms with van der Waals surface area (Å²) in [5.41, 5.74) is 2.46. The monoisotopic (exact) mass is 435 g/mol. The second kappa shape index (κ2) is 7.20. The van der Waals surface area contributed by atoms with Crippen molar-refractivity contribution in [3.63, 3.8) is 0 Å². The highest BCUT2D eigenvalue weighted by atomic mass is 79.9. The lowest BCUT2D eigenvalue weighted by molar-refractivity contribution is -0.130. The molecule has 4 fully saturated rings. The minimum absolute atomic E-state index is 0.0714. The van der Waals surface area contributed by atoms with Crippen LogP contribution in [0.1, 0.15) is 70.2 Å². The van der Waals surface area contributed by atoms with E-state index in [1.54, 1.807) is 0 Å². The molecule has 4 nitrogen and oxygen atoms in total. The summed E-state index contributed by atoms with van der Waals surface area (Å²) in [7, 11) is 0. The Bertz CT molecular complexity index is 690. The smallest absolute Gasteiger partial charge is 0.224 e. The van der Waals surface area contributed by atoms with Crippen LogP contribution in [0.4, 0.5) is 0 Å². The van der Waals surface area contributed by atoms with E-state index in [1.807, 2.05) is 18.5 Å². The van der Waals surface area contributed by atoms with Crippen molar-refractivity contribution in [2.24, 2.45) is 29.1 Å². The van der Waals surface area contributed by atoms with E-state index in [4.69, 9.17) is 0 Å². The molecule has 4 aliphatic rings. The number of carbonyl (C=O) groups is 1. The van der Waals surface area contributed by atoms with Gasteiger partial charge in [-0.05, 0) is 97.9 Å². The SMILES string of the molecule is CCC(NC(=O)C(C)Cn1nc(C)c(Br)c1C)C12CC3CC(CC(C3)C1)C2. The summed E-state index contributed by atoms with van der Waals surface area (Å²) >= 11 is 3.58. The van der Waals surface area contributed by atoms with E-state index in [0.717, 1.165) is 40.0 Å². The standard InChI is InChI=1S/C22H34BrN3O/c1-5-19(22-9-16-6-17(10-22)8-18(7-16)11-22)24-21(27)13(2)12-26-15(4)20(23)14(3)25-26/h13,16-19H,5-12H2,1-4H3,(H,24,27). The largest absolute Gasteiger partial charge is 0.353 e. The van der Waals surface area contributed by atoms with E-state index in [1.165, 1.54) is 38.5 Å². The van der Waals surface area contributed by atoms with Gasteiger partial charge in [-0.15, -0.1) is 0 Å². The predicted molar refractivity (Wildman–Crippen MR) is 111 cm³/mol. The molecule has 5 heteroatoms.